The molecule has 0 aromatic heterocycles. The average molecular weight is 265 g/mol. The van der Waals surface area contributed by atoms with Gasteiger partial charge in [0.25, 0.3) is 6.47 Å². The van der Waals surface area contributed by atoms with Crippen molar-refractivity contribution >= 4 is 12.9 Å². The first-order valence-electron chi connectivity index (χ1n) is 6.45. The van der Waals surface area contributed by atoms with E-state index in [1.807, 2.05) is 30.3 Å². The SMILES string of the molecule is CCC.CN(C=O)C(COC=O)Cc1ccccc1. The molecule has 4 nitrogen and oxygen atoms in total. The highest BCUT2D eigenvalue weighted by molar-refractivity contribution is 5.47. The second kappa shape index (κ2) is 11.3. The van der Waals surface area contributed by atoms with Crippen molar-refractivity contribution in [1.82, 2.24) is 4.90 Å². The predicted molar refractivity (Wildman–Crippen MR) is 75.7 cm³/mol. The van der Waals surface area contributed by atoms with Crippen molar-refractivity contribution in [3.8, 4) is 0 Å². The van der Waals surface area contributed by atoms with Gasteiger partial charge in [-0.25, -0.2) is 0 Å². The van der Waals surface area contributed by atoms with Crippen molar-refractivity contribution in [2.75, 3.05) is 13.7 Å². The summed E-state index contributed by atoms with van der Waals surface area (Å²) in [5.41, 5.74) is 1.11. The van der Waals surface area contributed by atoms with Crippen LogP contribution in [0.25, 0.3) is 0 Å². The Morgan fingerprint density at radius 1 is 1.21 bits per heavy atom. The maximum atomic E-state index is 10.7. The van der Waals surface area contributed by atoms with Crippen LogP contribution in [-0.2, 0) is 20.7 Å². The highest BCUT2D eigenvalue weighted by atomic mass is 16.5. The Kier molecular flexibility index (Phi) is 10.2. The van der Waals surface area contributed by atoms with Crippen molar-refractivity contribution in [2.24, 2.45) is 0 Å². The lowest BCUT2D eigenvalue weighted by Gasteiger charge is -2.23. The fourth-order valence-corrected chi connectivity index (χ4v) is 1.44. The summed E-state index contributed by atoms with van der Waals surface area (Å²) in [6.07, 6.45) is 2.66. The van der Waals surface area contributed by atoms with Gasteiger partial charge in [0, 0.05) is 7.05 Å². The van der Waals surface area contributed by atoms with E-state index >= 15 is 0 Å². The molecule has 0 aliphatic heterocycles. The molecule has 1 aromatic rings. The normalized spacial score (nSPS) is 10.7. The van der Waals surface area contributed by atoms with Crippen LogP contribution in [0, 0.1) is 0 Å². The van der Waals surface area contributed by atoms with E-state index in [1.165, 1.54) is 11.3 Å². The van der Waals surface area contributed by atoms with Crippen molar-refractivity contribution in [2.45, 2.75) is 32.7 Å². The van der Waals surface area contributed by atoms with Gasteiger partial charge in [-0.05, 0) is 12.0 Å². The monoisotopic (exact) mass is 265 g/mol. The number of hydrogen-bond donors (Lipinski definition) is 0. The predicted octanol–water partition coefficient (Wildman–Crippen LogP) is 2.28. The van der Waals surface area contributed by atoms with E-state index in [0.29, 0.717) is 12.9 Å². The van der Waals surface area contributed by atoms with Crippen LogP contribution in [0.4, 0.5) is 0 Å². The minimum atomic E-state index is -0.120. The Bertz CT molecular complexity index is 341. The third kappa shape index (κ3) is 7.97. The first-order valence-corrected chi connectivity index (χ1v) is 6.45. The molecule has 0 radical (unpaired) electrons. The molecule has 4 heteroatoms. The molecule has 0 fully saturated rings. The first kappa shape index (κ1) is 17.2. The summed E-state index contributed by atoms with van der Waals surface area (Å²) in [5.74, 6) is 0. The van der Waals surface area contributed by atoms with Crippen LogP contribution in [0.1, 0.15) is 25.8 Å². The molecule has 1 rings (SSSR count). The number of likely N-dealkylation sites (N-methyl/N-ethyl adjacent to an activating group) is 1. The summed E-state index contributed by atoms with van der Waals surface area (Å²) in [4.78, 5) is 22.3. The molecular formula is C15H23NO3. The van der Waals surface area contributed by atoms with Crippen LogP contribution < -0.4 is 0 Å². The molecule has 0 bridgehead atoms. The van der Waals surface area contributed by atoms with E-state index in [0.717, 1.165) is 12.0 Å². The quantitative estimate of drug-likeness (QED) is 0.711. The van der Waals surface area contributed by atoms with Crippen LogP contribution in [-0.4, -0.2) is 37.5 Å². The van der Waals surface area contributed by atoms with Crippen molar-refractivity contribution in [3.05, 3.63) is 35.9 Å². The van der Waals surface area contributed by atoms with Crippen LogP contribution in [0.2, 0.25) is 0 Å². The van der Waals surface area contributed by atoms with E-state index in [1.54, 1.807) is 7.05 Å². The Labute approximate surface area is 115 Å². The summed E-state index contributed by atoms with van der Waals surface area (Å²) in [6.45, 7) is 4.87. The van der Waals surface area contributed by atoms with Gasteiger partial charge < -0.3 is 9.64 Å². The lowest BCUT2D eigenvalue weighted by molar-refractivity contribution is -0.132. The van der Waals surface area contributed by atoms with Gasteiger partial charge in [-0.15, -0.1) is 0 Å². The molecule has 0 N–H and O–H groups in total. The summed E-state index contributed by atoms with van der Waals surface area (Å²) in [6, 6.07) is 9.65. The zero-order chi connectivity index (χ0) is 14.5. The molecule has 0 aliphatic carbocycles. The van der Waals surface area contributed by atoms with E-state index in [4.69, 9.17) is 4.74 Å². The van der Waals surface area contributed by atoms with Gasteiger partial charge in [0.05, 0.1) is 6.04 Å². The van der Waals surface area contributed by atoms with E-state index in [9.17, 15) is 9.59 Å². The molecule has 106 valence electrons. The maximum absolute atomic E-state index is 10.7. The zero-order valence-electron chi connectivity index (χ0n) is 11.9. The number of carbonyl (C=O) groups is 2. The molecule has 1 aromatic carbocycles. The number of benzene rings is 1. The Morgan fingerprint density at radius 3 is 2.26 bits per heavy atom. The number of nitrogens with zero attached hydrogens (tertiary/aromatic N) is 1. The zero-order valence-corrected chi connectivity index (χ0v) is 11.9. The van der Waals surface area contributed by atoms with E-state index in [2.05, 4.69) is 13.8 Å². The molecule has 1 atom stereocenters. The van der Waals surface area contributed by atoms with Gasteiger partial charge in [0.1, 0.15) is 6.61 Å². The Morgan fingerprint density at radius 2 is 1.79 bits per heavy atom. The molecule has 0 saturated heterocycles. The van der Waals surface area contributed by atoms with Crippen molar-refractivity contribution in [3.63, 3.8) is 0 Å². The molecule has 0 aliphatic rings. The lowest BCUT2D eigenvalue weighted by Crippen LogP contribution is -2.36. The molecule has 1 amide bonds. The maximum Gasteiger partial charge on any atom is 0.293 e. The highest BCUT2D eigenvalue weighted by Gasteiger charge is 2.14. The summed E-state index contributed by atoms with van der Waals surface area (Å²) in [5, 5.41) is 0. The number of carbonyl (C=O) groups excluding carboxylic acids is 2. The largest absolute Gasteiger partial charge is 0.466 e. The van der Waals surface area contributed by atoms with Gasteiger partial charge in [-0.2, -0.15) is 0 Å². The minimum Gasteiger partial charge on any atom is -0.466 e. The van der Waals surface area contributed by atoms with Crippen molar-refractivity contribution < 1.29 is 14.3 Å². The summed E-state index contributed by atoms with van der Waals surface area (Å²) < 4.78 is 4.71. The fraction of sp³-hybridized carbons (Fsp3) is 0.467. The molecule has 1 unspecified atom stereocenters. The van der Waals surface area contributed by atoms with Gasteiger partial charge in [-0.3, -0.25) is 9.59 Å². The highest BCUT2D eigenvalue weighted by Crippen LogP contribution is 2.07. The smallest absolute Gasteiger partial charge is 0.293 e. The number of rotatable bonds is 7. The third-order valence-corrected chi connectivity index (χ3v) is 2.41. The van der Waals surface area contributed by atoms with E-state index in [-0.39, 0.29) is 12.6 Å². The van der Waals surface area contributed by atoms with Crippen molar-refractivity contribution in [1.29, 1.82) is 0 Å². The number of ether oxygens (including phenoxy) is 1. The lowest BCUT2D eigenvalue weighted by atomic mass is 10.1. The second-order valence-electron chi connectivity index (χ2n) is 4.25. The molecule has 0 heterocycles. The minimum absolute atomic E-state index is 0.120. The Hall–Kier alpha value is -1.84. The van der Waals surface area contributed by atoms with Gasteiger partial charge in [0.15, 0.2) is 0 Å². The molecular weight excluding hydrogens is 242 g/mol. The average Bonchev–Trinajstić information content (AvgIpc) is 2.44. The first-order chi connectivity index (χ1) is 9.19. The topological polar surface area (TPSA) is 46.6 Å². The van der Waals surface area contributed by atoms with Crippen LogP contribution in [0.5, 0.6) is 0 Å². The van der Waals surface area contributed by atoms with Gasteiger partial charge >= 0.3 is 0 Å². The van der Waals surface area contributed by atoms with Gasteiger partial charge in [0.2, 0.25) is 6.41 Å². The molecule has 0 spiro atoms. The Balaban J connectivity index is 0.000000982. The molecule has 0 saturated carbocycles. The van der Waals surface area contributed by atoms with Crippen LogP contribution in [0.3, 0.4) is 0 Å². The summed E-state index contributed by atoms with van der Waals surface area (Å²) >= 11 is 0. The standard InChI is InChI=1S/C12H15NO3.C3H8/c1-13(9-14)12(8-16-10-15)7-11-5-3-2-4-6-11;1-3-2/h2-6,9-10,12H,7-8H2,1H3;3H2,1-2H3. The fourth-order valence-electron chi connectivity index (χ4n) is 1.44. The number of hydrogen-bond acceptors (Lipinski definition) is 3. The summed E-state index contributed by atoms with van der Waals surface area (Å²) in [7, 11) is 1.68. The number of amides is 1. The van der Waals surface area contributed by atoms with Crippen LogP contribution >= 0.6 is 0 Å². The van der Waals surface area contributed by atoms with Gasteiger partial charge in [-0.1, -0.05) is 50.6 Å². The van der Waals surface area contributed by atoms with E-state index < -0.39 is 0 Å². The van der Waals surface area contributed by atoms with Crippen LogP contribution in [0.15, 0.2) is 30.3 Å². The molecule has 19 heavy (non-hydrogen) atoms. The second-order valence-corrected chi connectivity index (χ2v) is 4.25. The third-order valence-electron chi connectivity index (χ3n) is 2.41.